The van der Waals surface area contributed by atoms with Gasteiger partial charge in [-0.3, -0.25) is 4.79 Å². The van der Waals surface area contributed by atoms with Gasteiger partial charge in [-0.15, -0.1) is 0 Å². The summed E-state index contributed by atoms with van der Waals surface area (Å²) < 4.78 is 5.56. The number of esters is 1. The van der Waals surface area contributed by atoms with Crippen LogP contribution in [0, 0.1) is 5.41 Å². The molecule has 0 heterocycles. The van der Waals surface area contributed by atoms with Crippen molar-refractivity contribution in [3.05, 3.63) is 60.2 Å². The third-order valence-electron chi connectivity index (χ3n) is 3.99. The van der Waals surface area contributed by atoms with Gasteiger partial charge in [0, 0.05) is 6.42 Å². The normalized spacial score (nSPS) is 20.4. The first kappa shape index (κ1) is 15.6. The van der Waals surface area contributed by atoms with Crippen LogP contribution in [0.1, 0.15) is 38.2 Å². The number of allylic oxidation sites excluding steroid dienone is 3. The van der Waals surface area contributed by atoms with Crippen molar-refractivity contribution >= 4 is 5.97 Å². The molecule has 0 fully saturated rings. The summed E-state index contributed by atoms with van der Waals surface area (Å²) >= 11 is 0. The fraction of sp³-hybridized carbons (Fsp3) is 0.421. The molecule has 1 aromatic carbocycles. The van der Waals surface area contributed by atoms with E-state index in [1.54, 1.807) is 0 Å². The van der Waals surface area contributed by atoms with Crippen molar-refractivity contribution in [2.75, 3.05) is 6.61 Å². The fourth-order valence-corrected chi connectivity index (χ4v) is 2.65. The van der Waals surface area contributed by atoms with Gasteiger partial charge in [0.2, 0.25) is 0 Å². The molecule has 112 valence electrons. The van der Waals surface area contributed by atoms with Gasteiger partial charge in [-0.2, -0.15) is 0 Å². The van der Waals surface area contributed by atoms with Crippen molar-refractivity contribution in [3.63, 3.8) is 0 Å². The van der Waals surface area contributed by atoms with Crippen LogP contribution in [-0.4, -0.2) is 12.6 Å². The quantitative estimate of drug-likeness (QED) is 0.691. The minimum Gasteiger partial charge on any atom is -0.465 e. The smallest absolute Gasteiger partial charge is 0.316 e. The molecule has 1 unspecified atom stereocenters. The van der Waals surface area contributed by atoms with Crippen molar-refractivity contribution < 1.29 is 9.53 Å². The van der Waals surface area contributed by atoms with Crippen LogP contribution in [0.4, 0.5) is 0 Å². The summed E-state index contributed by atoms with van der Waals surface area (Å²) in [6.07, 6.45) is 12.6. The van der Waals surface area contributed by atoms with Crippen molar-refractivity contribution in [2.24, 2.45) is 5.41 Å². The van der Waals surface area contributed by atoms with Gasteiger partial charge in [0.1, 0.15) is 0 Å². The highest BCUT2D eigenvalue weighted by atomic mass is 16.5. The lowest BCUT2D eigenvalue weighted by Crippen LogP contribution is -2.32. The lowest BCUT2D eigenvalue weighted by molar-refractivity contribution is -0.153. The van der Waals surface area contributed by atoms with E-state index in [2.05, 4.69) is 25.1 Å². The van der Waals surface area contributed by atoms with E-state index in [-0.39, 0.29) is 5.97 Å². The molecule has 1 aliphatic carbocycles. The minimum atomic E-state index is -0.443. The van der Waals surface area contributed by atoms with Crippen molar-refractivity contribution in [1.82, 2.24) is 0 Å². The molecule has 0 saturated carbocycles. The molecule has 0 bridgehead atoms. The molecule has 1 aliphatic rings. The Bertz CT molecular complexity index is 502. The lowest BCUT2D eigenvalue weighted by Gasteiger charge is -2.28. The van der Waals surface area contributed by atoms with Crippen LogP contribution in [-0.2, 0) is 16.0 Å². The molecule has 1 atom stereocenters. The molecule has 2 rings (SSSR count). The maximum atomic E-state index is 12.5. The summed E-state index contributed by atoms with van der Waals surface area (Å²) in [5.41, 5.74) is 0.758. The Morgan fingerprint density at radius 1 is 1.24 bits per heavy atom. The summed E-state index contributed by atoms with van der Waals surface area (Å²) in [4.78, 5) is 12.5. The molecule has 0 aliphatic heterocycles. The van der Waals surface area contributed by atoms with Crippen molar-refractivity contribution in [3.8, 4) is 0 Å². The minimum absolute atomic E-state index is 0.0764. The van der Waals surface area contributed by atoms with E-state index in [0.29, 0.717) is 6.61 Å². The molecule has 0 aromatic heterocycles. The van der Waals surface area contributed by atoms with Crippen LogP contribution in [0.3, 0.4) is 0 Å². The first-order valence-corrected chi connectivity index (χ1v) is 7.82. The van der Waals surface area contributed by atoms with Gasteiger partial charge < -0.3 is 4.74 Å². The Labute approximate surface area is 127 Å². The van der Waals surface area contributed by atoms with Gasteiger partial charge in [0.05, 0.1) is 12.0 Å². The SMILES string of the molecule is CCCCC1(C(=O)OCCc2ccccc2)C=CC=CC1. The van der Waals surface area contributed by atoms with Gasteiger partial charge in [-0.05, 0) is 18.4 Å². The van der Waals surface area contributed by atoms with Gasteiger partial charge in [0.25, 0.3) is 0 Å². The zero-order valence-electron chi connectivity index (χ0n) is 12.8. The summed E-state index contributed by atoms with van der Waals surface area (Å²) in [5, 5.41) is 0. The average Bonchev–Trinajstić information content (AvgIpc) is 2.54. The Balaban J connectivity index is 1.90. The standard InChI is InChI=1S/C19H24O2/c1-2-3-13-19(14-8-5-9-15-19)18(20)21-16-12-17-10-6-4-7-11-17/h4-11,14H,2-3,12-13,15-16H2,1H3. The molecule has 0 N–H and O–H groups in total. The highest BCUT2D eigenvalue weighted by molar-refractivity contribution is 5.79. The van der Waals surface area contributed by atoms with Crippen LogP contribution in [0.2, 0.25) is 0 Å². The molecule has 1 aromatic rings. The second-order valence-corrected chi connectivity index (χ2v) is 5.62. The van der Waals surface area contributed by atoms with E-state index >= 15 is 0 Å². The Kier molecular flexibility index (Phi) is 5.79. The monoisotopic (exact) mass is 284 g/mol. The number of ether oxygens (including phenoxy) is 1. The molecule has 0 spiro atoms. The van der Waals surface area contributed by atoms with E-state index in [1.807, 2.05) is 36.4 Å². The second-order valence-electron chi connectivity index (χ2n) is 5.62. The average molecular weight is 284 g/mol. The molecule has 2 nitrogen and oxygen atoms in total. The number of hydrogen-bond acceptors (Lipinski definition) is 2. The lowest BCUT2D eigenvalue weighted by atomic mass is 9.77. The van der Waals surface area contributed by atoms with Crippen molar-refractivity contribution in [1.29, 1.82) is 0 Å². The third kappa shape index (κ3) is 4.32. The molecule has 21 heavy (non-hydrogen) atoms. The van der Waals surface area contributed by atoms with E-state index < -0.39 is 5.41 Å². The zero-order valence-corrected chi connectivity index (χ0v) is 12.8. The first-order chi connectivity index (χ1) is 10.3. The van der Waals surface area contributed by atoms with Crippen LogP contribution < -0.4 is 0 Å². The third-order valence-corrected chi connectivity index (χ3v) is 3.99. The topological polar surface area (TPSA) is 26.3 Å². The Morgan fingerprint density at radius 2 is 2.05 bits per heavy atom. The predicted octanol–water partition coefficient (Wildman–Crippen LogP) is 4.47. The molecule has 0 amide bonds. The first-order valence-electron chi connectivity index (χ1n) is 7.82. The van der Waals surface area contributed by atoms with Crippen LogP contribution in [0.5, 0.6) is 0 Å². The molecule has 0 saturated heterocycles. The number of unbranched alkanes of at least 4 members (excludes halogenated alkanes) is 1. The van der Waals surface area contributed by atoms with E-state index in [9.17, 15) is 4.79 Å². The molecular formula is C19H24O2. The predicted molar refractivity (Wildman–Crippen MR) is 86.0 cm³/mol. The number of hydrogen-bond donors (Lipinski definition) is 0. The number of rotatable bonds is 7. The van der Waals surface area contributed by atoms with E-state index in [0.717, 1.165) is 32.1 Å². The van der Waals surface area contributed by atoms with Crippen molar-refractivity contribution in [2.45, 2.75) is 39.0 Å². The maximum absolute atomic E-state index is 12.5. The molecule has 0 radical (unpaired) electrons. The summed E-state index contributed by atoms with van der Waals surface area (Å²) in [7, 11) is 0. The number of carbonyl (C=O) groups is 1. The maximum Gasteiger partial charge on any atom is 0.316 e. The second kappa shape index (κ2) is 7.82. The van der Waals surface area contributed by atoms with Gasteiger partial charge in [-0.25, -0.2) is 0 Å². The summed E-state index contributed by atoms with van der Waals surface area (Å²) in [6.45, 7) is 2.60. The van der Waals surface area contributed by atoms with Crippen LogP contribution in [0.15, 0.2) is 54.6 Å². The molecular weight excluding hydrogens is 260 g/mol. The summed E-state index contributed by atoms with van der Waals surface area (Å²) in [5.74, 6) is -0.0764. The Morgan fingerprint density at radius 3 is 2.71 bits per heavy atom. The van der Waals surface area contributed by atoms with Crippen LogP contribution in [0.25, 0.3) is 0 Å². The van der Waals surface area contributed by atoms with Gasteiger partial charge >= 0.3 is 5.97 Å². The highest BCUT2D eigenvalue weighted by Crippen LogP contribution is 2.35. The van der Waals surface area contributed by atoms with Crippen LogP contribution >= 0.6 is 0 Å². The number of benzene rings is 1. The largest absolute Gasteiger partial charge is 0.465 e. The van der Waals surface area contributed by atoms with Gasteiger partial charge in [0.15, 0.2) is 0 Å². The fourth-order valence-electron chi connectivity index (χ4n) is 2.65. The van der Waals surface area contributed by atoms with Gasteiger partial charge in [-0.1, -0.05) is 74.4 Å². The number of carbonyl (C=O) groups excluding carboxylic acids is 1. The summed E-state index contributed by atoms with van der Waals surface area (Å²) in [6, 6.07) is 10.1. The van der Waals surface area contributed by atoms with E-state index in [1.165, 1.54) is 5.56 Å². The zero-order chi connectivity index (χ0) is 15.0. The highest BCUT2D eigenvalue weighted by Gasteiger charge is 2.36. The molecule has 2 heteroatoms. The van der Waals surface area contributed by atoms with E-state index in [4.69, 9.17) is 4.74 Å². The Hall–Kier alpha value is -1.83.